The maximum Gasteiger partial charge on any atom is 0.277 e. The molecule has 0 radical (unpaired) electrons. The molecule has 0 bridgehead atoms. The van der Waals surface area contributed by atoms with Gasteiger partial charge in [-0.25, -0.2) is 0 Å². The number of nitro benzene ring substituents is 2. The molecule has 0 aliphatic heterocycles. The Hall–Kier alpha value is -3.29. The quantitative estimate of drug-likeness (QED) is 0.684. The van der Waals surface area contributed by atoms with Crippen LogP contribution in [0.3, 0.4) is 0 Å². The minimum absolute atomic E-state index is 0.268. The lowest BCUT2D eigenvalue weighted by Crippen LogP contribution is -2.11. The van der Waals surface area contributed by atoms with Gasteiger partial charge in [-0.2, -0.15) is 0 Å². The molecule has 120 valence electrons. The van der Waals surface area contributed by atoms with Crippen molar-refractivity contribution in [3.63, 3.8) is 0 Å². The van der Waals surface area contributed by atoms with Crippen molar-refractivity contribution in [2.24, 2.45) is 5.73 Å². The molecule has 23 heavy (non-hydrogen) atoms. The van der Waals surface area contributed by atoms with Crippen LogP contribution in [0.1, 0.15) is 22.8 Å². The lowest BCUT2D eigenvalue weighted by molar-refractivity contribution is -0.394. The number of nitrogens with two attached hydrogens (primary N) is 1. The van der Waals surface area contributed by atoms with Gasteiger partial charge < -0.3 is 5.73 Å². The van der Waals surface area contributed by atoms with Crippen molar-refractivity contribution < 1.29 is 14.6 Å². The predicted molar refractivity (Wildman–Crippen MR) is 84.1 cm³/mol. The highest BCUT2D eigenvalue weighted by Gasteiger charge is 2.18. The predicted octanol–water partition coefficient (Wildman–Crippen LogP) is 2.85. The maximum absolute atomic E-state index is 10.7. The van der Waals surface area contributed by atoms with Gasteiger partial charge >= 0.3 is 0 Å². The number of aryl methyl sites for hydroxylation is 1. The minimum Gasteiger partial charge on any atom is -0.366 e. The lowest BCUT2D eigenvalue weighted by Gasteiger charge is -1.96. The first-order chi connectivity index (χ1) is 10.8. The molecule has 0 aromatic heterocycles. The molecular weight excluding hydrogens is 302 g/mol. The fraction of sp³-hybridized carbons (Fsp3) is 0.133. The number of amides is 1. The molecule has 0 saturated heterocycles. The number of primary amides is 1. The van der Waals surface area contributed by atoms with E-state index in [4.69, 9.17) is 5.73 Å². The maximum atomic E-state index is 10.7. The Morgan fingerprint density at radius 2 is 1.48 bits per heavy atom. The van der Waals surface area contributed by atoms with Crippen LogP contribution in [0.15, 0.2) is 48.5 Å². The zero-order valence-corrected chi connectivity index (χ0v) is 12.3. The summed E-state index contributed by atoms with van der Waals surface area (Å²) in [5.41, 5.74) is 4.92. The molecule has 0 spiro atoms. The second-order valence-electron chi connectivity index (χ2n) is 4.46. The number of rotatable bonds is 4. The fourth-order valence-electron chi connectivity index (χ4n) is 1.66. The summed E-state index contributed by atoms with van der Waals surface area (Å²) in [6.45, 7) is 2.16. The van der Waals surface area contributed by atoms with E-state index in [2.05, 4.69) is 31.2 Å². The Morgan fingerprint density at radius 3 is 1.78 bits per heavy atom. The Morgan fingerprint density at radius 1 is 1.00 bits per heavy atom. The molecule has 2 N–H and O–H groups in total. The van der Waals surface area contributed by atoms with Crippen LogP contribution in [0.2, 0.25) is 0 Å². The first kappa shape index (κ1) is 17.8. The van der Waals surface area contributed by atoms with E-state index in [0.29, 0.717) is 0 Å². The smallest absolute Gasteiger partial charge is 0.277 e. The van der Waals surface area contributed by atoms with Crippen molar-refractivity contribution in [3.8, 4) is 0 Å². The summed E-state index contributed by atoms with van der Waals surface area (Å²) < 4.78 is 0. The van der Waals surface area contributed by atoms with Crippen LogP contribution in [-0.2, 0) is 6.42 Å². The highest BCUT2D eigenvalue weighted by molar-refractivity contribution is 5.94. The second-order valence-corrected chi connectivity index (χ2v) is 4.46. The fourth-order valence-corrected chi connectivity index (χ4v) is 1.66. The van der Waals surface area contributed by atoms with Crippen LogP contribution >= 0.6 is 0 Å². The molecule has 0 fully saturated rings. The van der Waals surface area contributed by atoms with E-state index >= 15 is 0 Å². The van der Waals surface area contributed by atoms with E-state index in [1.54, 1.807) is 0 Å². The van der Waals surface area contributed by atoms with E-state index in [1.807, 2.05) is 6.07 Å². The van der Waals surface area contributed by atoms with E-state index < -0.39 is 27.1 Å². The standard InChI is InChI=1S/C8H10.C7H5N3O5/c1-2-8-6-4-3-5-7-8;8-7(11)4-1-5(9(12)13)3-6(2-4)10(14)15/h3-7H,2H2,1H3;1-3H,(H2,8,11). The van der Waals surface area contributed by atoms with Gasteiger partial charge in [-0.05, 0) is 12.0 Å². The van der Waals surface area contributed by atoms with Crippen LogP contribution in [0, 0.1) is 20.2 Å². The third-order valence-electron chi connectivity index (χ3n) is 2.86. The summed E-state index contributed by atoms with van der Waals surface area (Å²) in [5, 5.41) is 20.8. The van der Waals surface area contributed by atoms with E-state index in [-0.39, 0.29) is 5.56 Å². The van der Waals surface area contributed by atoms with Crippen molar-refractivity contribution in [2.75, 3.05) is 0 Å². The monoisotopic (exact) mass is 317 g/mol. The summed E-state index contributed by atoms with van der Waals surface area (Å²) in [6.07, 6.45) is 1.14. The van der Waals surface area contributed by atoms with Gasteiger partial charge in [-0.1, -0.05) is 37.3 Å². The molecule has 1 amide bonds. The lowest BCUT2D eigenvalue weighted by atomic mass is 10.1. The molecule has 0 saturated carbocycles. The third kappa shape index (κ3) is 5.54. The number of hydrogen-bond donors (Lipinski definition) is 1. The van der Waals surface area contributed by atoms with Crippen LogP contribution in [0.4, 0.5) is 11.4 Å². The Labute approximate surface area is 131 Å². The number of non-ortho nitro benzene ring substituents is 2. The molecule has 8 heteroatoms. The number of nitrogens with zero attached hydrogens (tertiary/aromatic N) is 2. The van der Waals surface area contributed by atoms with E-state index in [1.165, 1.54) is 5.56 Å². The number of nitro groups is 2. The zero-order valence-electron chi connectivity index (χ0n) is 12.3. The molecule has 0 aliphatic rings. The highest BCUT2D eigenvalue weighted by atomic mass is 16.6. The first-order valence-corrected chi connectivity index (χ1v) is 6.62. The van der Waals surface area contributed by atoms with Crippen LogP contribution in [0.5, 0.6) is 0 Å². The molecule has 2 rings (SSSR count). The Kier molecular flexibility index (Phi) is 6.35. The summed E-state index contributed by atoms with van der Waals surface area (Å²) in [4.78, 5) is 29.8. The van der Waals surface area contributed by atoms with Crippen molar-refractivity contribution in [2.45, 2.75) is 13.3 Å². The van der Waals surface area contributed by atoms with Crippen LogP contribution in [-0.4, -0.2) is 15.8 Å². The number of carbonyl (C=O) groups excluding carboxylic acids is 1. The summed E-state index contributed by atoms with van der Waals surface area (Å²) >= 11 is 0. The van der Waals surface area contributed by atoms with Crippen LogP contribution < -0.4 is 5.73 Å². The number of hydrogen-bond acceptors (Lipinski definition) is 5. The van der Waals surface area contributed by atoms with Gasteiger partial charge in [0.2, 0.25) is 5.91 Å². The van der Waals surface area contributed by atoms with E-state index in [9.17, 15) is 25.0 Å². The largest absolute Gasteiger partial charge is 0.366 e. The van der Waals surface area contributed by atoms with Gasteiger partial charge in [0.05, 0.1) is 21.5 Å². The van der Waals surface area contributed by atoms with Crippen molar-refractivity contribution in [1.29, 1.82) is 0 Å². The minimum atomic E-state index is -0.957. The van der Waals surface area contributed by atoms with Crippen LogP contribution in [0.25, 0.3) is 0 Å². The van der Waals surface area contributed by atoms with Crippen molar-refractivity contribution >= 4 is 17.3 Å². The normalized spacial score (nSPS) is 9.43. The van der Waals surface area contributed by atoms with Gasteiger partial charge in [0.25, 0.3) is 11.4 Å². The second kappa shape index (κ2) is 8.23. The summed E-state index contributed by atoms with van der Waals surface area (Å²) in [7, 11) is 0. The van der Waals surface area contributed by atoms with Crippen molar-refractivity contribution in [3.05, 3.63) is 79.9 Å². The number of benzene rings is 2. The molecule has 0 heterocycles. The van der Waals surface area contributed by atoms with Crippen molar-refractivity contribution in [1.82, 2.24) is 0 Å². The molecule has 0 unspecified atom stereocenters. The molecule has 2 aromatic carbocycles. The van der Waals surface area contributed by atoms with Gasteiger partial charge in [0.1, 0.15) is 0 Å². The van der Waals surface area contributed by atoms with Gasteiger partial charge in [0, 0.05) is 12.1 Å². The summed E-state index contributed by atoms with van der Waals surface area (Å²) in [6, 6.07) is 13.0. The SMILES string of the molecule is CCc1ccccc1.NC(=O)c1cc([N+](=O)[O-])cc([N+](=O)[O-])c1. The molecule has 8 nitrogen and oxygen atoms in total. The molecule has 0 aliphatic carbocycles. The average Bonchev–Trinajstić information content (AvgIpc) is 2.55. The molecular formula is C15H15N3O5. The molecule has 0 atom stereocenters. The average molecular weight is 317 g/mol. The Balaban J connectivity index is 0.000000277. The first-order valence-electron chi connectivity index (χ1n) is 6.62. The zero-order chi connectivity index (χ0) is 17.4. The Bertz CT molecular complexity index is 637. The third-order valence-corrected chi connectivity index (χ3v) is 2.86. The number of carbonyl (C=O) groups is 1. The highest BCUT2D eigenvalue weighted by Crippen LogP contribution is 2.22. The van der Waals surface area contributed by atoms with Gasteiger partial charge in [-0.15, -0.1) is 0 Å². The van der Waals surface area contributed by atoms with Gasteiger partial charge in [0.15, 0.2) is 0 Å². The molecule has 2 aromatic rings. The summed E-state index contributed by atoms with van der Waals surface area (Å²) in [5.74, 6) is -0.957. The van der Waals surface area contributed by atoms with E-state index in [0.717, 1.165) is 24.6 Å². The topological polar surface area (TPSA) is 129 Å². The van der Waals surface area contributed by atoms with Gasteiger partial charge in [-0.3, -0.25) is 25.0 Å².